The van der Waals surface area contributed by atoms with E-state index in [1.54, 1.807) is 55.6 Å². The number of nitrogens with one attached hydrogen (secondary N) is 1. The smallest absolute Gasteiger partial charge is 0.338 e. The second-order valence-electron chi connectivity index (χ2n) is 5.65. The van der Waals surface area contributed by atoms with Gasteiger partial charge in [0.2, 0.25) is 0 Å². The highest BCUT2D eigenvalue weighted by Gasteiger charge is 2.27. The van der Waals surface area contributed by atoms with Crippen LogP contribution in [0.3, 0.4) is 0 Å². The summed E-state index contributed by atoms with van der Waals surface area (Å²) in [5.41, 5.74) is 1.03. The fraction of sp³-hybridized carbons (Fsp3) is 0.263. The summed E-state index contributed by atoms with van der Waals surface area (Å²) < 4.78 is 10.5. The molecule has 0 radical (unpaired) electrons. The standard InChI is InChI=1S/C19H21NO4/c1-13(2)17(24-19(22)14-7-5-4-6-8-14)18(21)20-15-9-11-16(23-3)12-10-15/h4-13,17H,1-3H3,(H,20,21)/t17-/m0/s1. The number of hydrogen-bond acceptors (Lipinski definition) is 4. The molecular weight excluding hydrogens is 306 g/mol. The van der Waals surface area contributed by atoms with Crippen molar-refractivity contribution in [2.45, 2.75) is 20.0 Å². The quantitative estimate of drug-likeness (QED) is 0.825. The van der Waals surface area contributed by atoms with E-state index in [1.807, 2.05) is 19.9 Å². The molecule has 5 nitrogen and oxygen atoms in total. The van der Waals surface area contributed by atoms with Crippen LogP contribution in [-0.4, -0.2) is 25.1 Å². The van der Waals surface area contributed by atoms with Crippen molar-refractivity contribution in [3.05, 3.63) is 60.2 Å². The molecule has 5 heteroatoms. The molecule has 24 heavy (non-hydrogen) atoms. The van der Waals surface area contributed by atoms with Crippen molar-refractivity contribution >= 4 is 17.6 Å². The molecule has 1 atom stereocenters. The first-order valence-corrected chi connectivity index (χ1v) is 7.72. The van der Waals surface area contributed by atoms with E-state index >= 15 is 0 Å². The molecule has 2 rings (SSSR count). The summed E-state index contributed by atoms with van der Waals surface area (Å²) >= 11 is 0. The molecule has 0 saturated carbocycles. The Balaban J connectivity index is 2.06. The highest BCUT2D eigenvalue weighted by Crippen LogP contribution is 2.17. The molecule has 1 N–H and O–H groups in total. The van der Waals surface area contributed by atoms with Gasteiger partial charge in [0.05, 0.1) is 12.7 Å². The Morgan fingerprint density at radius 1 is 0.958 bits per heavy atom. The van der Waals surface area contributed by atoms with Crippen LogP contribution in [0, 0.1) is 5.92 Å². The Labute approximate surface area is 141 Å². The summed E-state index contributed by atoms with van der Waals surface area (Å²) in [5.74, 6) is -0.335. The van der Waals surface area contributed by atoms with Crippen LogP contribution in [0.4, 0.5) is 5.69 Å². The molecule has 0 bridgehead atoms. The monoisotopic (exact) mass is 327 g/mol. The lowest BCUT2D eigenvalue weighted by atomic mass is 10.1. The SMILES string of the molecule is COc1ccc(NC(=O)[C@@H](OC(=O)c2ccccc2)C(C)C)cc1. The van der Waals surface area contributed by atoms with Crippen LogP contribution in [0.25, 0.3) is 0 Å². The predicted molar refractivity (Wildman–Crippen MR) is 92.1 cm³/mol. The molecule has 0 aliphatic carbocycles. The molecule has 2 aromatic carbocycles. The molecule has 0 saturated heterocycles. The van der Waals surface area contributed by atoms with E-state index in [1.165, 1.54) is 0 Å². The van der Waals surface area contributed by atoms with Gasteiger partial charge in [-0.05, 0) is 42.3 Å². The summed E-state index contributed by atoms with van der Waals surface area (Å²) in [4.78, 5) is 24.6. The fourth-order valence-corrected chi connectivity index (χ4v) is 2.14. The van der Waals surface area contributed by atoms with E-state index in [0.29, 0.717) is 17.0 Å². The van der Waals surface area contributed by atoms with Crippen LogP contribution in [0.1, 0.15) is 24.2 Å². The minimum absolute atomic E-state index is 0.157. The summed E-state index contributed by atoms with van der Waals surface area (Å²) in [6, 6.07) is 15.6. The zero-order valence-corrected chi connectivity index (χ0v) is 14.0. The highest BCUT2D eigenvalue weighted by molar-refractivity contribution is 5.97. The number of benzene rings is 2. The van der Waals surface area contributed by atoms with Gasteiger partial charge in [-0.1, -0.05) is 32.0 Å². The van der Waals surface area contributed by atoms with E-state index < -0.39 is 12.1 Å². The van der Waals surface area contributed by atoms with Crippen LogP contribution >= 0.6 is 0 Å². The maximum absolute atomic E-state index is 12.5. The van der Waals surface area contributed by atoms with Crippen LogP contribution in [0.2, 0.25) is 0 Å². The third-order valence-corrected chi connectivity index (χ3v) is 3.46. The Morgan fingerprint density at radius 2 is 1.58 bits per heavy atom. The molecule has 0 unspecified atom stereocenters. The second-order valence-corrected chi connectivity index (χ2v) is 5.65. The van der Waals surface area contributed by atoms with Crippen molar-refractivity contribution in [1.29, 1.82) is 0 Å². The summed E-state index contributed by atoms with van der Waals surface area (Å²) in [5, 5.41) is 2.76. The number of rotatable bonds is 6. The molecule has 0 spiro atoms. The number of anilines is 1. The van der Waals surface area contributed by atoms with Gasteiger partial charge in [-0.15, -0.1) is 0 Å². The first-order valence-electron chi connectivity index (χ1n) is 7.72. The minimum Gasteiger partial charge on any atom is -0.497 e. The van der Waals surface area contributed by atoms with Crippen molar-refractivity contribution in [2.75, 3.05) is 12.4 Å². The van der Waals surface area contributed by atoms with Gasteiger partial charge in [0.15, 0.2) is 6.10 Å². The van der Waals surface area contributed by atoms with Crippen LogP contribution in [0.15, 0.2) is 54.6 Å². The van der Waals surface area contributed by atoms with E-state index in [-0.39, 0.29) is 11.8 Å². The van der Waals surface area contributed by atoms with E-state index in [9.17, 15) is 9.59 Å². The lowest BCUT2D eigenvalue weighted by Gasteiger charge is -2.21. The Bertz CT molecular complexity index is 680. The van der Waals surface area contributed by atoms with Gasteiger partial charge in [0.25, 0.3) is 5.91 Å². The van der Waals surface area contributed by atoms with Crippen LogP contribution in [0.5, 0.6) is 5.75 Å². The van der Waals surface area contributed by atoms with Crippen molar-refractivity contribution in [3.63, 3.8) is 0 Å². The maximum Gasteiger partial charge on any atom is 0.338 e. The predicted octanol–water partition coefficient (Wildman–Crippen LogP) is 3.52. The number of carbonyl (C=O) groups is 2. The molecular formula is C19H21NO4. The summed E-state index contributed by atoms with van der Waals surface area (Å²) in [6.07, 6.45) is -0.875. The summed E-state index contributed by atoms with van der Waals surface area (Å²) in [6.45, 7) is 3.66. The average molecular weight is 327 g/mol. The third-order valence-electron chi connectivity index (χ3n) is 3.46. The molecule has 1 amide bonds. The Kier molecular flexibility index (Phi) is 5.95. The van der Waals surface area contributed by atoms with Gasteiger partial charge >= 0.3 is 5.97 Å². The molecule has 0 aliphatic rings. The molecule has 0 fully saturated rings. The van der Waals surface area contributed by atoms with Crippen molar-refractivity contribution in [3.8, 4) is 5.75 Å². The average Bonchev–Trinajstić information content (AvgIpc) is 2.60. The van der Waals surface area contributed by atoms with Gasteiger partial charge in [-0.25, -0.2) is 4.79 Å². The van der Waals surface area contributed by atoms with Gasteiger partial charge < -0.3 is 14.8 Å². The van der Waals surface area contributed by atoms with Gasteiger partial charge in [-0.3, -0.25) is 4.79 Å². The Morgan fingerprint density at radius 3 is 2.12 bits per heavy atom. The number of methoxy groups -OCH3 is 1. The lowest BCUT2D eigenvalue weighted by molar-refractivity contribution is -0.126. The Hall–Kier alpha value is -2.82. The zero-order chi connectivity index (χ0) is 17.5. The van der Waals surface area contributed by atoms with Crippen molar-refractivity contribution < 1.29 is 19.1 Å². The maximum atomic E-state index is 12.5. The lowest BCUT2D eigenvalue weighted by Crippen LogP contribution is -2.36. The largest absolute Gasteiger partial charge is 0.497 e. The molecule has 0 aromatic heterocycles. The van der Waals surface area contributed by atoms with Crippen LogP contribution in [-0.2, 0) is 9.53 Å². The minimum atomic E-state index is -0.875. The second kappa shape index (κ2) is 8.15. The highest BCUT2D eigenvalue weighted by atomic mass is 16.5. The first-order chi connectivity index (χ1) is 11.5. The third kappa shape index (κ3) is 4.59. The number of hydrogen-bond donors (Lipinski definition) is 1. The first kappa shape index (κ1) is 17.5. The van der Waals surface area contributed by atoms with Gasteiger partial charge in [-0.2, -0.15) is 0 Å². The van der Waals surface area contributed by atoms with E-state index in [4.69, 9.17) is 9.47 Å². The summed E-state index contributed by atoms with van der Waals surface area (Å²) in [7, 11) is 1.57. The van der Waals surface area contributed by atoms with Gasteiger partial charge in [0.1, 0.15) is 5.75 Å². The van der Waals surface area contributed by atoms with Crippen molar-refractivity contribution in [1.82, 2.24) is 0 Å². The molecule has 126 valence electrons. The van der Waals surface area contributed by atoms with Crippen molar-refractivity contribution in [2.24, 2.45) is 5.92 Å². The number of carbonyl (C=O) groups excluding carboxylic acids is 2. The van der Waals surface area contributed by atoms with Crippen LogP contribution < -0.4 is 10.1 Å². The fourth-order valence-electron chi connectivity index (χ4n) is 2.14. The van der Waals surface area contributed by atoms with Gasteiger partial charge in [0, 0.05) is 5.69 Å². The molecule has 0 heterocycles. The number of amides is 1. The number of ether oxygens (including phenoxy) is 2. The molecule has 2 aromatic rings. The van der Waals surface area contributed by atoms with E-state index in [2.05, 4.69) is 5.32 Å². The zero-order valence-electron chi connectivity index (χ0n) is 14.0. The molecule has 0 aliphatic heterocycles. The normalized spacial score (nSPS) is 11.7. The van der Waals surface area contributed by atoms with E-state index in [0.717, 1.165) is 0 Å². The number of esters is 1. The topological polar surface area (TPSA) is 64.6 Å².